The fraction of sp³-hybridized carbons (Fsp3) is 0.522. The molecule has 0 amide bonds. The number of likely N-dealkylation sites (tertiary alicyclic amines) is 1. The average molecular weight is 351 g/mol. The Balaban J connectivity index is 1.36. The second-order valence-electron chi connectivity index (χ2n) is 8.25. The topological polar surface area (TPSA) is 36.4 Å². The molecule has 1 aromatic carbocycles. The first-order chi connectivity index (χ1) is 12.7. The number of piperidine rings is 1. The number of fused-ring (bicyclic) bond motifs is 1. The van der Waals surface area contributed by atoms with E-state index in [1.807, 2.05) is 6.07 Å². The first-order valence-electron chi connectivity index (χ1n) is 10.1. The summed E-state index contributed by atoms with van der Waals surface area (Å²) >= 11 is 0. The highest BCUT2D eigenvalue weighted by Crippen LogP contribution is 2.35. The monoisotopic (exact) mass is 350 g/mol. The van der Waals surface area contributed by atoms with Gasteiger partial charge in [0, 0.05) is 19.3 Å². The summed E-state index contributed by atoms with van der Waals surface area (Å²) in [6, 6.07) is 15.1. The molecule has 1 saturated heterocycles. The van der Waals surface area contributed by atoms with Crippen LogP contribution in [0.5, 0.6) is 0 Å². The van der Waals surface area contributed by atoms with Crippen molar-refractivity contribution in [3.8, 4) is 0 Å². The maximum absolute atomic E-state index is 10.6. The van der Waals surface area contributed by atoms with Gasteiger partial charge in [0.1, 0.15) is 0 Å². The van der Waals surface area contributed by atoms with E-state index in [9.17, 15) is 5.11 Å². The Hall–Kier alpha value is -1.71. The molecule has 0 spiro atoms. The molecule has 0 radical (unpaired) electrons. The van der Waals surface area contributed by atoms with Crippen LogP contribution in [0, 0.1) is 11.8 Å². The van der Waals surface area contributed by atoms with E-state index in [1.165, 1.54) is 24.1 Å². The molecular weight excluding hydrogens is 320 g/mol. The molecule has 0 bridgehead atoms. The molecule has 2 heterocycles. The minimum Gasteiger partial charge on any atom is -0.387 e. The Kier molecular flexibility index (Phi) is 5.37. The quantitative estimate of drug-likeness (QED) is 0.843. The number of hydrogen-bond donors (Lipinski definition) is 1. The summed E-state index contributed by atoms with van der Waals surface area (Å²) in [5.41, 5.74) is 3.64. The molecule has 4 rings (SSSR count). The van der Waals surface area contributed by atoms with Gasteiger partial charge in [-0.3, -0.25) is 4.98 Å². The maximum Gasteiger partial charge on any atom is 0.0965 e. The first-order valence-corrected chi connectivity index (χ1v) is 10.1. The van der Waals surface area contributed by atoms with Crippen LogP contribution in [0.3, 0.4) is 0 Å². The van der Waals surface area contributed by atoms with Gasteiger partial charge in [-0.1, -0.05) is 43.3 Å². The number of aliphatic hydroxyl groups excluding tert-OH is 1. The van der Waals surface area contributed by atoms with E-state index in [2.05, 4.69) is 53.2 Å². The smallest absolute Gasteiger partial charge is 0.0965 e. The van der Waals surface area contributed by atoms with Gasteiger partial charge in [0.15, 0.2) is 0 Å². The van der Waals surface area contributed by atoms with Crippen molar-refractivity contribution in [2.75, 3.05) is 19.6 Å². The van der Waals surface area contributed by atoms with Crippen molar-refractivity contribution in [2.24, 2.45) is 11.8 Å². The van der Waals surface area contributed by atoms with Crippen LogP contribution < -0.4 is 0 Å². The fourth-order valence-corrected chi connectivity index (χ4v) is 4.99. The molecule has 2 aliphatic rings. The number of benzene rings is 1. The Labute approximate surface area is 157 Å². The van der Waals surface area contributed by atoms with E-state index in [1.54, 1.807) is 6.20 Å². The highest BCUT2D eigenvalue weighted by Gasteiger charge is 2.30. The van der Waals surface area contributed by atoms with Crippen LogP contribution >= 0.6 is 0 Å². The SMILES string of the molecule is C[C@H]1CN(C[C@@H]2CCc3cccnc3[C@@H](O)C2)CC[C@@H]1c1ccccc1. The molecule has 0 saturated carbocycles. The van der Waals surface area contributed by atoms with Crippen molar-refractivity contribution < 1.29 is 5.11 Å². The average Bonchev–Trinajstić information content (AvgIpc) is 2.82. The Morgan fingerprint density at radius 2 is 1.96 bits per heavy atom. The van der Waals surface area contributed by atoms with Crippen LogP contribution in [0.1, 0.15) is 55.0 Å². The molecule has 0 unspecified atom stereocenters. The highest BCUT2D eigenvalue weighted by atomic mass is 16.3. The first kappa shape index (κ1) is 17.7. The molecule has 1 aromatic heterocycles. The van der Waals surface area contributed by atoms with Gasteiger partial charge in [-0.05, 0) is 67.2 Å². The number of nitrogens with zero attached hydrogens (tertiary/aromatic N) is 2. The molecule has 4 atom stereocenters. The molecule has 1 aliphatic heterocycles. The predicted octanol–water partition coefficient (Wildman–Crippen LogP) is 4.19. The summed E-state index contributed by atoms with van der Waals surface area (Å²) in [5, 5.41) is 10.6. The minimum absolute atomic E-state index is 0.405. The van der Waals surface area contributed by atoms with Gasteiger partial charge >= 0.3 is 0 Å². The standard InChI is InChI=1S/C23H30N2O/c1-17-15-25(13-11-21(17)19-6-3-2-4-7-19)16-18-9-10-20-8-5-12-24-23(20)22(26)14-18/h2-8,12,17-18,21-22,26H,9-11,13-16H2,1H3/t17-,18+,21-,22-/m0/s1. The zero-order chi connectivity index (χ0) is 17.9. The summed E-state index contributed by atoms with van der Waals surface area (Å²) in [6.45, 7) is 5.83. The van der Waals surface area contributed by atoms with E-state index in [4.69, 9.17) is 0 Å². The number of aryl methyl sites for hydroxylation is 1. The van der Waals surface area contributed by atoms with Crippen LogP contribution in [0.15, 0.2) is 48.7 Å². The number of hydrogen-bond acceptors (Lipinski definition) is 3. The predicted molar refractivity (Wildman–Crippen MR) is 105 cm³/mol. The van der Waals surface area contributed by atoms with Crippen molar-refractivity contribution in [1.29, 1.82) is 0 Å². The molecule has 26 heavy (non-hydrogen) atoms. The second-order valence-corrected chi connectivity index (χ2v) is 8.25. The van der Waals surface area contributed by atoms with Crippen LogP contribution in [0.2, 0.25) is 0 Å². The molecule has 1 aliphatic carbocycles. The third kappa shape index (κ3) is 3.84. The van der Waals surface area contributed by atoms with Gasteiger partial charge in [0.05, 0.1) is 11.8 Å². The lowest BCUT2D eigenvalue weighted by Crippen LogP contribution is -2.41. The van der Waals surface area contributed by atoms with Crippen molar-refractivity contribution in [3.63, 3.8) is 0 Å². The number of rotatable bonds is 3. The second kappa shape index (κ2) is 7.89. The summed E-state index contributed by atoms with van der Waals surface area (Å²) in [6.07, 6.45) is 5.68. The summed E-state index contributed by atoms with van der Waals surface area (Å²) in [5.74, 6) is 1.92. The molecule has 3 heteroatoms. The fourth-order valence-electron chi connectivity index (χ4n) is 4.99. The van der Waals surface area contributed by atoms with E-state index < -0.39 is 6.10 Å². The van der Waals surface area contributed by atoms with Crippen molar-refractivity contribution in [1.82, 2.24) is 9.88 Å². The number of pyridine rings is 1. The lowest BCUT2D eigenvalue weighted by molar-refractivity contribution is 0.101. The van der Waals surface area contributed by atoms with Crippen molar-refractivity contribution >= 4 is 0 Å². The van der Waals surface area contributed by atoms with Gasteiger partial charge < -0.3 is 10.0 Å². The van der Waals surface area contributed by atoms with E-state index in [0.717, 1.165) is 38.0 Å². The van der Waals surface area contributed by atoms with Crippen molar-refractivity contribution in [2.45, 2.75) is 44.6 Å². The molecule has 138 valence electrons. The zero-order valence-electron chi connectivity index (χ0n) is 15.7. The third-order valence-electron chi connectivity index (χ3n) is 6.35. The van der Waals surface area contributed by atoms with Crippen LogP contribution in [-0.4, -0.2) is 34.6 Å². The van der Waals surface area contributed by atoms with Crippen LogP contribution in [0.4, 0.5) is 0 Å². The van der Waals surface area contributed by atoms with Gasteiger partial charge in [-0.25, -0.2) is 0 Å². The Morgan fingerprint density at radius 1 is 1.12 bits per heavy atom. The molecule has 2 aromatic rings. The summed E-state index contributed by atoms with van der Waals surface area (Å²) in [4.78, 5) is 7.06. The Morgan fingerprint density at radius 3 is 2.77 bits per heavy atom. The van der Waals surface area contributed by atoms with E-state index >= 15 is 0 Å². The highest BCUT2D eigenvalue weighted by molar-refractivity contribution is 5.23. The maximum atomic E-state index is 10.6. The molecule has 1 fully saturated rings. The Bertz CT molecular complexity index is 717. The molecular formula is C23H30N2O. The summed E-state index contributed by atoms with van der Waals surface area (Å²) < 4.78 is 0. The van der Waals surface area contributed by atoms with Gasteiger partial charge in [-0.2, -0.15) is 0 Å². The number of aromatic nitrogens is 1. The third-order valence-corrected chi connectivity index (χ3v) is 6.35. The molecule has 1 N–H and O–H groups in total. The number of aliphatic hydroxyl groups is 1. The van der Waals surface area contributed by atoms with Gasteiger partial charge in [0.2, 0.25) is 0 Å². The van der Waals surface area contributed by atoms with Crippen molar-refractivity contribution in [3.05, 3.63) is 65.5 Å². The normalized spacial score (nSPS) is 29.8. The van der Waals surface area contributed by atoms with E-state index in [-0.39, 0.29) is 0 Å². The van der Waals surface area contributed by atoms with Gasteiger partial charge in [0.25, 0.3) is 0 Å². The molecule has 3 nitrogen and oxygen atoms in total. The zero-order valence-corrected chi connectivity index (χ0v) is 15.7. The lowest BCUT2D eigenvalue weighted by Gasteiger charge is -2.39. The minimum atomic E-state index is -0.405. The largest absolute Gasteiger partial charge is 0.387 e. The van der Waals surface area contributed by atoms with Gasteiger partial charge in [-0.15, -0.1) is 0 Å². The van der Waals surface area contributed by atoms with E-state index in [0.29, 0.717) is 17.8 Å². The van der Waals surface area contributed by atoms with Crippen LogP contribution in [0.25, 0.3) is 0 Å². The summed E-state index contributed by atoms with van der Waals surface area (Å²) in [7, 11) is 0. The van der Waals surface area contributed by atoms with Crippen LogP contribution in [-0.2, 0) is 6.42 Å². The lowest BCUT2D eigenvalue weighted by atomic mass is 9.81.